The number of amides is 1. The standard InChI is InChI=1S/C16H27N5O3S/c1-13(16(22)18-14-5-3-2-4-6-14)20-9-11-21(12-10-20)25(23,24)15-7-8-17-19-15/h7-8,13-14H,2-6,9-12H2,1H3,(H,17,19)(H,18,22)/t13-/m1/s1. The van der Waals surface area contributed by atoms with Crippen LogP contribution in [0.2, 0.25) is 0 Å². The zero-order chi connectivity index (χ0) is 17.9. The first-order valence-corrected chi connectivity index (χ1v) is 10.5. The number of nitrogens with zero attached hydrogens (tertiary/aromatic N) is 3. The highest BCUT2D eigenvalue weighted by Crippen LogP contribution is 2.19. The van der Waals surface area contributed by atoms with Crippen molar-refractivity contribution in [2.45, 2.75) is 56.1 Å². The van der Waals surface area contributed by atoms with Crippen LogP contribution >= 0.6 is 0 Å². The van der Waals surface area contributed by atoms with Gasteiger partial charge in [0.15, 0.2) is 5.03 Å². The fraction of sp³-hybridized carbons (Fsp3) is 0.750. The second-order valence-electron chi connectivity index (χ2n) is 6.88. The van der Waals surface area contributed by atoms with Gasteiger partial charge >= 0.3 is 0 Å². The maximum Gasteiger partial charge on any atom is 0.260 e. The summed E-state index contributed by atoms with van der Waals surface area (Å²) < 4.78 is 26.4. The fourth-order valence-corrected chi connectivity index (χ4v) is 4.91. The van der Waals surface area contributed by atoms with Crippen LogP contribution in [-0.4, -0.2) is 72.0 Å². The minimum atomic E-state index is -3.52. The van der Waals surface area contributed by atoms with Crippen molar-refractivity contribution in [2.24, 2.45) is 0 Å². The second-order valence-corrected chi connectivity index (χ2v) is 8.79. The third-order valence-electron chi connectivity index (χ3n) is 5.24. The summed E-state index contributed by atoms with van der Waals surface area (Å²) >= 11 is 0. The Bertz CT molecular complexity index is 662. The van der Waals surface area contributed by atoms with E-state index in [0.717, 1.165) is 12.8 Å². The molecule has 25 heavy (non-hydrogen) atoms. The monoisotopic (exact) mass is 369 g/mol. The minimum absolute atomic E-state index is 0.0526. The topological polar surface area (TPSA) is 98.4 Å². The lowest BCUT2D eigenvalue weighted by atomic mass is 9.95. The first kappa shape index (κ1) is 18.3. The molecule has 1 amide bonds. The number of aromatic nitrogens is 2. The number of rotatable bonds is 5. The number of carbonyl (C=O) groups is 1. The van der Waals surface area contributed by atoms with Gasteiger partial charge in [0.25, 0.3) is 10.0 Å². The van der Waals surface area contributed by atoms with Crippen LogP contribution in [0.15, 0.2) is 17.3 Å². The highest BCUT2D eigenvalue weighted by atomic mass is 32.2. The van der Waals surface area contributed by atoms with E-state index < -0.39 is 10.0 Å². The molecule has 8 nitrogen and oxygen atoms in total. The number of carbonyl (C=O) groups excluding carboxylic acids is 1. The summed E-state index contributed by atoms with van der Waals surface area (Å²) in [6.07, 6.45) is 7.19. The van der Waals surface area contributed by atoms with Gasteiger partial charge in [-0.25, -0.2) is 8.42 Å². The molecule has 1 saturated carbocycles. The van der Waals surface area contributed by atoms with Gasteiger partial charge in [0, 0.05) is 32.2 Å². The number of H-pyrrole nitrogens is 1. The van der Waals surface area contributed by atoms with E-state index in [1.165, 1.54) is 35.8 Å². The van der Waals surface area contributed by atoms with Crippen LogP contribution in [0.1, 0.15) is 39.0 Å². The lowest BCUT2D eigenvalue weighted by Crippen LogP contribution is -2.55. The van der Waals surface area contributed by atoms with E-state index in [1.54, 1.807) is 0 Å². The smallest absolute Gasteiger partial charge is 0.260 e. The van der Waals surface area contributed by atoms with Gasteiger partial charge in [-0.2, -0.15) is 9.40 Å². The molecule has 0 spiro atoms. The molecule has 1 aliphatic heterocycles. The molecule has 0 radical (unpaired) electrons. The van der Waals surface area contributed by atoms with E-state index in [-0.39, 0.29) is 17.0 Å². The molecule has 2 N–H and O–H groups in total. The third kappa shape index (κ3) is 4.21. The lowest BCUT2D eigenvalue weighted by molar-refractivity contribution is -0.127. The molecular formula is C16H27N5O3S. The average molecular weight is 369 g/mol. The molecule has 2 aliphatic rings. The molecule has 0 bridgehead atoms. The van der Waals surface area contributed by atoms with Gasteiger partial charge in [0.2, 0.25) is 5.91 Å². The molecule has 140 valence electrons. The summed E-state index contributed by atoms with van der Waals surface area (Å²) in [5, 5.41) is 9.49. The molecule has 1 aromatic rings. The van der Waals surface area contributed by atoms with Crippen molar-refractivity contribution in [1.29, 1.82) is 0 Å². The van der Waals surface area contributed by atoms with Crippen LogP contribution in [-0.2, 0) is 14.8 Å². The molecule has 1 atom stereocenters. The first-order valence-electron chi connectivity index (χ1n) is 9.02. The van der Waals surface area contributed by atoms with Gasteiger partial charge in [-0.05, 0) is 25.8 Å². The van der Waals surface area contributed by atoms with Gasteiger partial charge in [0.1, 0.15) is 0 Å². The SMILES string of the molecule is C[C@H](C(=O)NC1CCCCC1)N1CCN(S(=O)(=O)c2ccn[nH]2)CC1. The highest BCUT2D eigenvalue weighted by Gasteiger charge is 2.32. The van der Waals surface area contributed by atoms with E-state index >= 15 is 0 Å². The summed E-state index contributed by atoms with van der Waals surface area (Å²) in [5.74, 6) is 0.0526. The Labute approximate surface area is 149 Å². The van der Waals surface area contributed by atoms with Crippen molar-refractivity contribution in [2.75, 3.05) is 26.2 Å². The highest BCUT2D eigenvalue weighted by molar-refractivity contribution is 7.89. The number of piperazine rings is 1. The Hall–Kier alpha value is -1.45. The average Bonchev–Trinajstić information content (AvgIpc) is 3.17. The Morgan fingerprint density at radius 1 is 1.24 bits per heavy atom. The molecule has 2 fully saturated rings. The van der Waals surface area contributed by atoms with E-state index in [1.807, 2.05) is 6.92 Å². The molecule has 9 heteroatoms. The number of hydrogen-bond donors (Lipinski definition) is 2. The predicted molar refractivity (Wildman–Crippen MR) is 93.4 cm³/mol. The normalized spacial score (nSPS) is 22.6. The van der Waals surface area contributed by atoms with Gasteiger partial charge < -0.3 is 5.32 Å². The van der Waals surface area contributed by atoms with Crippen LogP contribution < -0.4 is 5.32 Å². The summed E-state index contributed by atoms with van der Waals surface area (Å²) in [5.41, 5.74) is 0. The summed E-state index contributed by atoms with van der Waals surface area (Å²) in [7, 11) is -3.52. The Kier molecular flexibility index (Phi) is 5.75. The maximum atomic E-state index is 12.5. The number of aromatic amines is 1. The van der Waals surface area contributed by atoms with Crippen LogP contribution in [0.25, 0.3) is 0 Å². The van der Waals surface area contributed by atoms with Crippen LogP contribution in [0.5, 0.6) is 0 Å². The van der Waals surface area contributed by atoms with Crippen LogP contribution in [0, 0.1) is 0 Å². The Balaban J connectivity index is 1.52. The predicted octanol–water partition coefficient (Wildman–Crippen LogP) is 0.553. The van der Waals surface area contributed by atoms with Gasteiger partial charge in [-0.3, -0.25) is 14.8 Å². The van der Waals surface area contributed by atoms with Gasteiger partial charge in [-0.15, -0.1) is 0 Å². The Morgan fingerprint density at radius 3 is 2.52 bits per heavy atom. The lowest BCUT2D eigenvalue weighted by Gasteiger charge is -2.37. The molecule has 1 saturated heterocycles. The fourth-order valence-electron chi connectivity index (χ4n) is 3.59. The van der Waals surface area contributed by atoms with E-state index in [4.69, 9.17) is 0 Å². The maximum absolute atomic E-state index is 12.5. The van der Waals surface area contributed by atoms with Crippen molar-refractivity contribution in [1.82, 2.24) is 24.7 Å². The third-order valence-corrected chi connectivity index (χ3v) is 7.07. The summed E-state index contributed by atoms with van der Waals surface area (Å²) in [4.78, 5) is 14.5. The molecular weight excluding hydrogens is 342 g/mol. The number of nitrogens with one attached hydrogen (secondary N) is 2. The van der Waals surface area contributed by atoms with E-state index in [0.29, 0.717) is 32.2 Å². The quantitative estimate of drug-likeness (QED) is 0.790. The van der Waals surface area contributed by atoms with Crippen molar-refractivity contribution in [3.05, 3.63) is 12.3 Å². The Morgan fingerprint density at radius 2 is 1.92 bits per heavy atom. The van der Waals surface area contributed by atoms with Gasteiger partial charge in [0.05, 0.1) is 12.2 Å². The molecule has 0 aromatic carbocycles. The molecule has 1 aliphatic carbocycles. The van der Waals surface area contributed by atoms with Crippen LogP contribution in [0.4, 0.5) is 0 Å². The molecule has 1 aromatic heterocycles. The number of hydrogen-bond acceptors (Lipinski definition) is 5. The van der Waals surface area contributed by atoms with Crippen molar-refractivity contribution >= 4 is 15.9 Å². The largest absolute Gasteiger partial charge is 0.352 e. The summed E-state index contributed by atoms with van der Waals surface area (Å²) in [6.45, 7) is 3.75. The van der Waals surface area contributed by atoms with Crippen molar-refractivity contribution in [3.8, 4) is 0 Å². The second kappa shape index (κ2) is 7.84. The molecule has 3 rings (SSSR count). The molecule has 0 unspecified atom stereocenters. The molecule has 2 heterocycles. The van der Waals surface area contributed by atoms with Crippen molar-refractivity contribution < 1.29 is 13.2 Å². The zero-order valence-corrected chi connectivity index (χ0v) is 15.5. The van der Waals surface area contributed by atoms with Crippen molar-refractivity contribution in [3.63, 3.8) is 0 Å². The zero-order valence-electron chi connectivity index (χ0n) is 14.6. The number of sulfonamides is 1. The van der Waals surface area contributed by atoms with Crippen LogP contribution in [0.3, 0.4) is 0 Å². The minimum Gasteiger partial charge on any atom is -0.352 e. The summed E-state index contributed by atoms with van der Waals surface area (Å²) in [6, 6.07) is 1.52. The van der Waals surface area contributed by atoms with Gasteiger partial charge in [-0.1, -0.05) is 19.3 Å². The van der Waals surface area contributed by atoms with E-state index in [2.05, 4.69) is 20.4 Å². The first-order chi connectivity index (χ1) is 12.0. The van der Waals surface area contributed by atoms with E-state index in [9.17, 15) is 13.2 Å².